The van der Waals surface area contributed by atoms with Crippen molar-refractivity contribution in [3.63, 3.8) is 0 Å². The monoisotopic (exact) mass is 517 g/mol. The fourth-order valence-corrected chi connectivity index (χ4v) is 5.47. The molecule has 1 amide bonds. The summed E-state index contributed by atoms with van der Waals surface area (Å²) in [4.78, 5) is 43.8. The lowest BCUT2D eigenvalue weighted by molar-refractivity contribution is 0.0696. The SMILES string of the molecule is O=C(O)c1cc(NC(=O)c2ccccc2)cc(Nc2c3sc4ccccc4nc-3c3ccccc3c2=O)c1. The molecule has 0 radical (unpaired) electrons. The van der Waals surface area contributed by atoms with Gasteiger partial charge in [0.2, 0.25) is 5.43 Å². The molecule has 7 nitrogen and oxygen atoms in total. The number of nitrogens with one attached hydrogen (secondary N) is 2. The first-order valence-electron chi connectivity index (χ1n) is 11.7. The van der Waals surface area contributed by atoms with Crippen molar-refractivity contribution in [1.29, 1.82) is 0 Å². The number of aromatic carboxylic acids is 1. The van der Waals surface area contributed by atoms with Crippen LogP contribution in [0.3, 0.4) is 0 Å². The van der Waals surface area contributed by atoms with E-state index in [1.165, 1.54) is 23.5 Å². The largest absolute Gasteiger partial charge is 0.478 e. The summed E-state index contributed by atoms with van der Waals surface area (Å²) in [7, 11) is 0. The maximum Gasteiger partial charge on any atom is 0.335 e. The second kappa shape index (κ2) is 9.42. The molecule has 6 rings (SSSR count). The molecule has 184 valence electrons. The summed E-state index contributed by atoms with van der Waals surface area (Å²) in [5.74, 6) is -1.54. The third kappa shape index (κ3) is 4.23. The number of aromatic nitrogens is 1. The van der Waals surface area contributed by atoms with E-state index < -0.39 is 5.97 Å². The first kappa shape index (κ1) is 23.3. The van der Waals surface area contributed by atoms with Gasteiger partial charge in [0.15, 0.2) is 0 Å². The number of benzene rings is 5. The Bertz CT molecular complexity index is 1900. The molecule has 1 aliphatic carbocycles. The standard InChI is InChI=1S/C30H19N3O4S/c34-27-22-11-5-4-10-21(22)25-28(38-24-13-7-6-12-23(24)33-25)26(27)31-19-14-18(30(36)37)15-20(16-19)32-29(35)17-8-2-1-3-9-17/h1-16,31H,(H,32,35)(H,36,37). The van der Waals surface area contributed by atoms with E-state index >= 15 is 0 Å². The summed E-state index contributed by atoms with van der Waals surface area (Å²) in [6, 6.07) is 28.0. The highest BCUT2D eigenvalue weighted by Crippen LogP contribution is 2.40. The number of nitrogens with zero attached hydrogens (tertiary/aromatic N) is 1. The quantitative estimate of drug-likeness (QED) is 0.175. The van der Waals surface area contributed by atoms with E-state index in [9.17, 15) is 19.5 Å². The number of para-hydroxylation sites is 1. The fourth-order valence-electron chi connectivity index (χ4n) is 4.39. The van der Waals surface area contributed by atoms with Crippen LogP contribution in [-0.4, -0.2) is 22.0 Å². The summed E-state index contributed by atoms with van der Waals surface area (Å²) in [6.45, 7) is 0. The van der Waals surface area contributed by atoms with Crippen LogP contribution >= 0.6 is 11.3 Å². The number of hydrogen-bond donors (Lipinski definition) is 3. The van der Waals surface area contributed by atoms with Crippen LogP contribution in [-0.2, 0) is 0 Å². The van der Waals surface area contributed by atoms with Gasteiger partial charge >= 0.3 is 5.97 Å². The minimum atomic E-state index is -1.16. The molecule has 8 heteroatoms. The van der Waals surface area contributed by atoms with Crippen molar-refractivity contribution in [2.24, 2.45) is 0 Å². The molecule has 3 N–H and O–H groups in total. The minimum Gasteiger partial charge on any atom is -0.478 e. The van der Waals surface area contributed by atoms with Crippen molar-refractivity contribution >= 4 is 61.3 Å². The Morgan fingerprint density at radius 1 is 0.763 bits per heavy atom. The van der Waals surface area contributed by atoms with Gasteiger partial charge in [-0.15, -0.1) is 11.3 Å². The molecule has 0 unspecified atom stereocenters. The van der Waals surface area contributed by atoms with E-state index in [0.29, 0.717) is 32.9 Å². The highest BCUT2D eigenvalue weighted by molar-refractivity contribution is 7.22. The van der Waals surface area contributed by atoms with E-state index in [1.54, 1.807) is 48.5 Å². The average molecular weight is 518 g/mol. The van der Waals surface area contributed by atoms with Crippen molar-refractivity contribution in [1.82, 2.24) is 4.98 Å². The number of carboxylic acids is 1. The molecule has 38 heavy (non-hydrogen) atoms. The average Bonchev–Trinajstić information content (AvgIpc) is 2.95. The number of rotatable bonds is 5. The number of hydrogen-bond acceptors (Lipinski definition) is 6. The van der Waals surface area contributed by atoms with Gasteiger partial charge in [0.05, 0.1) is 26.4 Å². The van der Waals surface area contributed by atoms with E-state index in [1.807, 2.05) is 36.4 Å². The summed E-state index contributed by atoms with van der Waals surface area (Å²) >= 11 is 1.44. The zero-order valence-electron chi connectivity index (χ0n) is 19.8. The molecule has 0 saturated heterocycles. The lowest BCUT2D eigenvalue weighted by Crippen LogP contribution is -2.14. The maximum absolute atomic E-state index is 13.7. The van der Waals surface area contributed by atoms with Crippen molar-refractivity contribution in [2.45, 2.75) is 0 Å². The predicted octanol–water partition coefficient (Wildman–Crippen LogP) is 6.61. The van der Waals surface area contributed by atoms with Crippen LogP contribution in [0.1, 0.15) is 20.7 Å². The van der Waals surface area contributed by atoms with Gasteiger partial charge in [0.1, 0.15) is 5.69 Å². The molecular weight excluding hydrogens is 498 g/mol. The minimum absolute atomic E-state index is 0.0387. The van der Waals surface area contributed by atoms with Gasteiger partial charge in [-0.1, -0.05) is 54.6 Å². The number of carbonyl (C=O) groups excluding carboxylic acids is 1. The van der Waals surface area contributed by atoms with E-state index in [-0.39, 0.29) is 22.6 Å². The molecular formula is C30H19N3O4S. The smallest absolute Gasteiger partial charge is 0.335 e. The van der Waals surface area contributed by atoms with E-state index in [0.717, 1.165) is 15.6 Å². The van der Waals surface area contributed by atoms with Gasteiger partial charge in [-0.25, -0.2) is 9.78 Å². The van der Waals surface area contributed by atoms with Gasteiger partial charge in [0, 0.05) is 27.7 Å². The summed E-state index contributed by atoms with van der Waals surface area (Å²) in [5.41, 5.74) is 2.60. The third-order valence-electron chi connectivity index (χ3n) is 6.15. The van der Waals surface area contributed by atoms with Gasteiger partial charge in [-0.3, -0.25) is 9.59 Å². The normalized spacial score (nSPS) is 11.1. The Kier molecular flexibility index (Phi) is 5.78. The summed E-state index contributed by atoms with van der Waals surface area (Å²) in [5, 5.41) is 16.9. The molecule has 1 aliphatic heterocycles. The van der Waals surface area contributed by atoms with Gasteiger partial charge in [0.25, 0.3) is 5.91 Å². The molecule has 2 aliphatic rings. The molecule has 0 spiro atoms. The van der Waals surface area contributed by atoms with Crippen LogP contribution in [0.15, 0.2) is 102 Å². The molecule has 4 aromatic carbocycles. The molecule has 0 saturated carbocycles. The van der Waals surface area contributed by atoms with Gasteiger partial charge < -0.3 is 15.7 Å². The molecule has 4 aromatic rings. The number of carboxylic acid groups (broad SMARTS) is 1. The first-order valence-corrected chi connectivity index (χ1v) is 12.6. The second-order valence-corrected chi connectivity index (χ2v) is 9.71. The number of amides is 1. The number of carbonyl (C=O) groups is 2. The Morgan fingerprint density at radius 3 is 2.24 bits per heavy atom. The zero-order valence-corrected chi connectivity index (χ0v) is 20.6. The number of anilines is 3. The molecule has 1 heterocycles. The Labute approximate surface area is 220 Å². The Balaban J connectivity index is 1.50. The van der Waals surface area contributed by atoms with Crippen molar-refractivity contribution in [3.05, 3.63) is 118 Å². The van der Waals surface area contributed by atoms with Crippen LogP contribution in [0.25, 0.3) is 31.6 Å². The fraction of sp³-hybridized carbons (Fsp3) is 0. The van der Waals surface area contributed by atoms with E-state index in [2.05, 4.69) is 10.6 Å². The van der Waals surface area contributed by atoms with Crippen LogP contribution in [0.4, 0.5) is 17.1 Å². The molecule has 0 aromatic heterocycles. The molecule has 0 bridgehead atoms. The highest BCUT2D eigenvalue weighted by atomic mass is 32.1. The van der Waals surface area contributed by atoms with Crippen LogP contribution in [0.2, 0.25) is 0 Å². The summed E-state index contributed by atoms with van der Waals surface area (Å²) in [6.07, 6.45) is 0. The molecule has 0 fully saturated rings. The van der Waals surface area contributed by atoms with Crippen LogP contribution in [0.5, 0.6) is 0 Å². The second-order valence-electron chi connectivity index (χ2n) is 8.66. The zero-order chi connectivity index (χ0) is 26.2. The Morgan fingerprint density at radius 2 is 1.45 bits per heavy atom. The van der Waals surface area contributed by atoms with E-state index in [4.69, 9.17) is 4.98 Å². The topological polar surface area (TPSA) is 108 Å². The van der Waals surface area contributed by atoms with Crippen LogP contribution in [0, 0.1) is 0 Å². The van der Waals surface area contributed by atoms with Crippen molar-refractivity contribution in [2.75, 3.05) is 10.6 Å². The lowest BCUT2D eigenvalue weighted by Gasteiger charge is -2.17. The maximum atomic E-state index is 13.7. The van der Waals surface area contributed by atoms with Gasteiger partial charge in [-0.2, -0.15) is 0 Å². The first-order chi connectivity index (χ1) is 18.5. The van der Waals surface area contributed by atoms with Crippen molar-refractivity contribution < 1.29 is 14.7 Å². The van der Waals surface area contributed by atoms with Gasteiger partial charge in [-0.05, 0) is 42.5 Å². The Hall–Kier alpha value is -5.08. The van der Waals surface area contributed by atoms with Crippen LogP contribution < -0.4 is 16.1 Å². The highest BCUT2D eigenvalue weighted by Gasteiger charge is 2.21. The van der Waals surface area contributed by atoms with Crippen molar-refractivity contribution in [3.8, 4) is 10.6 Å². The molecule has 0 atom stereocenters. The lowest BCUT2D eigenvalue weighted by atomic mass is 10.0. The number of fused-ring (bicyclic) bond motifs is 4. The summed E-state index contributed by atoms with van der Waals surface area (Å²) < 4.78 is 0.910. The third-order valence-corrected chi connectivity index (χ3v) is 7.32. The predicted molar refractivity (Wildman–Crippen MR) is 151 cm³/mol.